The molecule has 0 saturated carbocycles. The molecule has 1 atom stereocenters. The Balaban J connectivity index is 2.08. The third-order valence-corrected chi connectivity index (χ3v) is 3.86. The molecule has 0 radical (unpaired) electrons. The van der Waals surface area contributed by atoms with Crippen LogP contribution >= 0.6 is 22.6 Å². The minimum Gasteiger partial charge on any atom is -0.497 e. The van der Waals surface area contributed by atoms with Crippen LogP contribution in [0.5, 0.6) is 11.5 Å². The summed E-state index contributed by atoms with van der Waals surface area (Å²) in [5, 5.41) is 13.6. The Morgan fingerprint density at radius 2 is 1.81 bits per heavy atom. The van der Waals surface area contributed by atoms with E-state index in [0.717, 1.165) is 5.69 Å². The van der Waals surface area contributed by atoms with E-state index in [-0.39, 0.29) is 0 Å². The van der Waals surface area contributed by atoms with Crippen LogP contribution in [-0.4, -0.2) is 25.9 Å². The lowest BCUT2D eigenvalue weighted by Crippen LogP contribution is -2.13. The molecule has 21 heavy (non-hydrogen) atoms. The third kappa shape index (κ3) is 4.25. The summed E-state index contributed by atoms with van der Waals surface area (Å²) in [6, 6.07) is 13.4. The summed E-state index contributed by atoms with van der Waals surface area (Å²) in [5.41, 5.74) is 1.67. The lowest BCUT2D eigenvalue weighted by atomic mass is 10.1. The molecule has 0 aliphatic heterocycles. The number of hydrogen-bond donors (Lipinski definition) is 2. The van der Waals surface area contributed by atoms with Gasteiger partial charge in [-0.1, -0.05) is 0 Å². The molecule has 0 aromatic heterocycles. The molecule has 0 fully saturated rings. The van der Waals surface area contributed by atoms with Crippen LogP contribution in [0.2, 0.25) is 0 Å². The van der Waals surface area contributed by atoms with Gasteiger partial charge in [-0.25, -0.2) is 0 Å². The van der Waals surface area contributed by atoms with Gasteiger partial charge in [-0.2, -0.15) is 0 Å². The van der Waals surface area contributed by atoms with Gasteiger partial charge in [0.25, 0.3) is 0 Å². The van der Waals surface area contributed by atoms with Crippen LogP contribution in [0, 0.1) is 3.57 Å². The molecule has 0 spiro atoms. The largest absolute Gasteiger partial charge is 0.497 e. The maximum absolute atomic E-state index is 10.4. The lowest BCUT2D eigenvalue weighted by Gasteiger charge is -2.17. The average molecular weight is 399 g/mol. The summed E-state index contributed by atoms with van der Waals surface area (Å²) in [7, 11) is 3.19. The fraction of sp³-hybridized carbons (Fsp3) is 0.250. The third-order valence-electron chi connectivity index (χ3n) is 3.14. The van der Waals surface area contributed by atoms with Crippen molar-refractivity contribution in [1.29, 1.82) is 0 Å². The van der Waals surface area contributed by atoms with Crippen molar-refractivity contribution in [2.24, 2.45) is 0 Å². The van der Waals surface area contributed by atoms with Gasteiger partial charge < -0.3 is 19.9 Å². The van der Waals surface area contributed by atoms with E-state index in [0.29, 0.717) is 23.6 Å². The normalized spacial score (nSPS) is 11.8. The summed E-state index contributed by atoms with van der Waals surface area (Å²) in [5.74, 6) is 1.34. The highest BCUT2D eigenvalue weighted by atomic mass is 127. The molecule has 2 N–H and O–H groups in total. The molecular weight excluding hydrogens is 381 g/mol. The van der Waals surface area contributed by atoms with Crippen molar-refractivity contribution in [3.63, 3.8) is 0 Å². The highest BCUT2D eigenvalue weighted by Crippen LogP contribution is 2.29. The SMILES string of the molecule is COc1ccc(OC)c(C(O)CNc2ccc(I)cc2)c1. The van der Waals surface area contributed by atoms with Crippen molar-refractivity contribution in [1.82, 2.24) is 0 Å². The van der Waals surface area contributed by atoms with Crippen molar-refractivity contribution < 1.29 is 14.6 Å². The van der Waals surface area contributed by atoms with Gasteiger partial charge >= 0.3 is 0 Å². The Bertz CT molecular complexity index is 587. The maximum Gasteiger partial charge on any atom is 0.124 e. The average Bonchev–Trinajstić information content (AvgIpc) is 2.53. The molecule has 0 bridgehead atoms. The second kappa shape index (κ2) is 7.51. The van der Waals surface area contributed by atoms with Gasteiger partial charge in [0.2, 0.25) is 0 Å². The quantitative estimate of drug-likeness (QED) is 0.731. The van der Waals surface area contributed by atoms with E-state index >= 15 is 0 Å². The molecule has 0 heterocycles. The Kier molecular flexibility index (Phi) is 5.69. The van der Waals surface area contributed by atoms with Crippen LogP contribution in [0.15, 0.2) is 42.5 Å². The summed E-state index contributed by atoms with van der Waals surface area (Å²) >= 11 is 2.26. The molecule has 0 saturated heterocycles. The molecular formula is C16H18INO3. The van der Waals surface area contributed by atoms with Gasteiger partial charge in [0.05, 0.1) is 20.3 Å². The number of anilines is 1. The minimum absolute atomic E-state index is 0.393. The zero-order valence-electron chi connectivity index (χ0n) is 12.0. The Labute approximate surface area is 138 Å². The van der Waals surface area contributed by atoms with Crippen LogP contribution in [0.3, 0.4) is 0 Å². The molecule has 1 unspecified atom stereocenters. The number of nitrogens with one attached hydrogen (secondary N) is 1. The number of ether oxygens (including phenoxy) is 2. The molecule has 5 heteroatoms. The number of hydrogen-bond acceptors (Lipinski definition) is 4. The number of aliphatic hydroxyl groups excluding tert-OH is 1. The molecule has 2 rings (SSSR count). The van der Waals surface area contributed by atoms with Gasteiger partial charge in [-0.15, -0.1) is 0 Å². The summed E-state index contributed by atoms with van der Waals surface area (Å²) in [6.45, 7) is 0.393. The van der Waals surface area contributed by atoms with Crippen LogP contribution < -0.4 is 14.8 Å². The molecule has 2 aromatic rings. The second-order valence-electron chi connectivity index (χ2n) is 4.51. The van der Waals surface area contributed by atoms with E-state index in [9.17, 15) is 5.11 Å². The van der Waals surface area contributed by atoms with Crippen molar-refractivity contribution in [2.45, 2.75) is 6.10 Å². The molecule has 4 nitrogen and oxygen atoms in total. The van der Waals surface area contributed by atoms with E-state index in [1.165, 1.54) is 3.57 Å². The monoisotopic (exact) mass is 399 g/mol. The minimum atomic E-state index is -0.686. The summed E-state index contributed by atoms with van der Waals surface area (Å²) in [4.78, 5) is 0. The number of aliphatic hydroxyl groups is 1. The molecule has 2 aromatic carbocycles. The standard InChI is InChI=1S/C16H18INO3/c1-20-13-7-8-16(21-2)14(9-13)15(19)10-18-12-5-3-11(17)4-6-12/h3-9,15,18-19H,10H2,1-2H3. The van der Waals surface area contributed by atoms with Crippen LogP contribution in [0.4, 0.5) is 5.69 Å². The first kappa shape index (κ1) is 15.9. The highest BCUT2D eigenvalue weighted by Gasteiger charge is 2.14. The fourth-order valence-corrected chi connectivity index (χ4v) is 2.35. The Morgan fingerprint density at radius 3 is 2.43 bits per heavy atom. The molecule has 0 aliphatic rings. The van der Waals surface area contributed by atoms with E-state index in [4.69, 9.17) is 9.47 Å². The number of halogens is 1. The van der Waals surface area contributed by atoms with Gasteiger partial charge in [0.1, 0.15) is 11.5 Å². The number of benzene rings is 2. The topological polar surface area (TPSA) is 50.7 Å². The Morgan fingerprint density at radius 1 is 1.10 bits per heavy atom. The second-order valence-corrected chi connectivity index (χ2v) is 5.76. The lowest BCUT2D eigenvalue weighted by molar-refractivity contribution is 0.186. The molecule has 112 valence electrons. The predicted octanol–water partition coefficient (Wildman–Crippen LogP) is 3.45. The first-order valence-electron chi connectivity index (χ1n) is 6.53. The van der Waals surface area contributed by atoms with E-state index in [2.05, 4.69) is 27.9 Å². The van der Waals surface area contributed by atoms with Crippen LogP contribution in [0.25, 0.3) is 0 Å². The summed E-state index contributed by atoms with van der Waals surface area (Å²) in [6.07, 6.45) is -0.686. The van der Waals surface area contributed by atoms with Crippen LogP contribution in [-0.2, 0) is 0 Å². The van der Waals surface area contributed by atoms with E-state index in [1.807, 2.05) is 30.3 Å². The van der Waals surface area contributed by atoms with Crippen molar-refractivity contribution in [2.75, 3.05) is 26.1 Å². The predicted molar refractivity (Wildman–Crippen MR) is 92.2 cm³/mol. The maximum atomic E-state index is 10.4. The van der Waals surface area contributed by atoms with Gasteiger partial charge in [-0.3, -0.25) is 0 Å². The van der Waals surface area contributed by atoms with Crippen LogP contribution in [0.1, 0.15) is 11.7 Å². The molecule has 0 amide bonds. The zero-order chi connectivity index (χ0) is 15.2. The zero-order valence-corrected chi connectivity index (χ0v) is 14.1. The fourth-order valence-electron chi connectivity index (χ4n) is 1.99. The Hall–Kier alpha value is -1.47. The van der Waals surface area contributed by atoms with Gasteiger partial charge in [-0.05, 0) is 65.1 Å². The number of rotatable bonds is 6. The first-order valence-corrected chi connectivity index (χ1v) is 7.61. The van der Waals surface area contributed by atoms with Crippen molar-refractivity contribution in [3.05, 3.63) is 51.6 Å². The molecule has 0 aliphatic carbocycles. The van der Waals surface area contributed by atoms with Crippen molar-refractivity contribution >= 4 is 28.3 Å². The van der Waals surface area contributed by atoms with E-state index < -0.39 is 6.10 Å². The van der Waals surface area contributed by atoms with E-state index in [1.54, 1.807) is 26.4 Å². The number of methoxy groups -OCH3 is 2. The highest BCUT2D eigenvalue weighted by molar-refractivity contribution is 14.1. The first-order chi connectivity index (χ1) is 10.1. The van der Waals surface area contributed by atoms with Gasteiger partial charge in [0, 0.05) is 21.4 Å². The van der Waals surface area contributed by atoms with Crippen molar-refractivity contribution in [3.8, 4) is 11.5 Å². The van der Waals surface area contributed by atoms with Gasteiger partial charge in [0.15, 0.2) is 0 Å². The summed E-state index contributed by atoms with van der Waals surface area (Å²) < 4.78 is 11.7. The smallest absolute Gasteiger partial charge is 0.124 e.